The fourth-order valence-electron chi connectivity index (χ4n) is 3.26. The van der Waals surface area contributed by atoms with E-state index in [9.17, 15) is 15.3 Å². The Balaban J connectivity index is 2.81. The third kappa shape index (κ3) is 1.08. The number of fused-ring (bicyclic) bond motifs is 2. The van der Waals surface area contributed by atoms with Crippen LogP contribution in [-0.2, 0) is 4.79 Å². The zero-order chi connectivity index (χ0) is 13.6. The molecule has 2 aliphatic heterocycles. The van der Waals surface area contributed by atoms with Gasteiger partial charge in [0, 0.05) is 5.41 Å². The SMILES string of the molecule is CCC1(CC)C2NC(=O)C1(C#N)C(C#N)=C(Cl)N2. The number of nitrogens with zero attached hydrogens (tertiary/aromatic N) is 2. The molecule has 2 heterocycles. The summed E-state index contributed by atoms with van der Waals surface area (Å²) in [6, 6.07) is 3.99. The van der Waals surface area contributed by atoms with Crippen molar-refractivity contribution in [1.82, 2.24) is 10.6 Å². The number of nitrogens with one attached hydrogen (secondary N) is 2. The summed E-state index contributed by atoms with van der Waals surface area (Å²) < 4.78 is 0. The standard InChI is InChI=1S/C12H13ClN4O/c1-3-11(4-2)9-16-8(13)7(5-14)12(11,6-15)10(18)17-9/h9,16H,3-4H2,1-2H3,(H,17,18). The predicted molar refractivity (Wildman–Crippen MR) is 64.6 cm³/mol. The Labute approximate surface area is 110 Å². The van der Waals surface area contributed by atoms with Crippen LogP contribution in [0.15, 0.2) is 10.7 Å². The highest BCUT2D eigenvalue weighted by Crippen LogP contribution is 2.58. The van der Waals surface area contributed by atoms with Crippen molar-refractivity contribution in [2.45, 2.75) is 32.9 Å². The van der Waals surface area contributed by atoms with Crippen molar-refractivity contribution in [3.05, 3.63) is 10.7 Å². The minimum absolute atomic E-state index is 0.0293. The van der Waals surface area contributed by atoms with Crippen LogP contribution in [0.2, 0.25) is 0 Å². The molecule has 0 aromatic heterocycles. The van der Waals surface area contributed by atoms with E-state index in [1.54, 1.807) is 0 Å². The van der Waals surface area contributed by atoms with E-state index in [2.05, 4.69) is 16.7 Å². The third-order valence-corrected chi connectivity index (χ3v) is 4.62. The van der Waals surface area contributed by atoms with Crippen molar-refractivity contribution >= 4 is 17.5 Å². The lowest BCUT2D eigenvalue weighted by molar-refractivity contribution is -0.125. The zero-order valence-electron chi connectivity index (χ0n) is 10.2. The van der Waals surface area contributed by atoms with Gasteiger partial charge in [0.05, 0.1) is 11.6 Å². The van der Waals surface area contributed by atoms with Gasteiger partial charge in [-0.3, -0.25) is 4.79 Å². The first-order valence-electron chi connectivity index (χ1n) is 5.83. The highest BCUT2D eigenvalue weighted by atomic mass is 35.5. The van der Waals surface area contributed by atoms with Crippen molar-refractivity contribution in [3.63, 3.8) is 0 Å². The number of rotatable bonds is 2. The van der Waals surface area contributed by atoms with E-state index in [1.807, 2.05) is 19.9 Å². The molecule has 1 fully saturated rings. The van der Waals surface area contributed by atoms with Crippen LogP contribution in [0.3, 0.4) is 0 Å². The second-order valence-corrected chi connectivity index (χ2v) is 4.95. The monoisotopic (exact) mass is 264 g/mol. The van der Waals surface area contributed by atoms with E-state index in [4.69, 9.17) is 11.6 Å². The number of hydrogen-bond acceptors (Lipinski definition) is 4. The molecule has 0 radical (unpaired) electrons. The van der Waals surface area contributed by atoms with Crippen LogP contribution in [-0.4, -0.2) is 12.1 Å². The molecule has 2 aliphatic rings. The largest absolute Gasteiger partial charge is 0.354 e. The predicted octanol–water partition coefficient (Wildman–Crippen LogP) is 1.34. The van der Waals surface area contributed by atoms with E-state index in [-0.39, 0.29) is 10.7 Å². The average molecular weight is 265 g/mol. The van der Waals surface area contributed by atoms with Gasteiger partial charge in [0.2, 0.25) is 5.91 Å². The number of hydrogen-bond donors (Lipinski definition) is 2. The maximum atomic E-state index is 12.2. The lowest BCUT2D eigenvalue weighted by Gasteiger charge is -2.44. The van der Waals surface area contributed by atoms with Crippen molar-refractivity contribution in [2.75, 3.05) is 0 Å². The van der Waals surface area contributed by atoms with Crippen LogP contribution in [0, 0.1) is 33.5 Å². The summed E-state index contributed by atoms with van der Waals surface area (Å²) in [6.07, 6.45) is 0.801. The molecule has 2 bridgehead atoms. The molecule has 1 amide bonds. The summed E-state index contributed by atoms with van der Waals surface area (Å²) >= 11 is 5.99. The molecule has 94 valence electrons. The summed E-state index contributed by atoms with van der Waals surface area (Å²) in [5.41, 5.74) is -2.08. The molecule has 6 heteroatoms. The minimum Gasteiger partial charge on any atom is -0.354 e. The molecule has 0 aromatic rings. The lowest BCUT2D eigenvalue weighted by Crippen LogP contribution is -2.55. The smallest absolute Gasteiger partial charge is 0.248 e. The number of carbonyl (C=O) groups excluding carboxylic acids is 1. The highest BCUT2D eigenvalue weighted by Gasteiger charge is 2.69. The summed E-state index contributed by atoms with van der Waals surface area (Å²) in [7, 11) is 0. The van der Waals surface area contributed by atoms with Crippen molar-refractivity contribution < 1.29 is 4.79 Å². The average Bonchev–Trinajstić information content (AvgIpc) is 2.53. The van der Waals surface area contributed by atoms with Crippen LogP contribution in [0.5, 0.6) is 0 Å². The highest BCUT2D eigenvalue weighted by molar-refractivity contribution is 6.30. The molecule has 0 aromatic carbocycles. The number of amides is 1. The normalized spacial score (nSPS) is 32.3. The molecular formula is C12H13ClN4O. The van der Waals surface area contributed by atoms with E-state index in [0.717, 1.165) is 0 Å². The molecule has 2 unspecified atom stereocenters. The maximum Gasteiger partial charge on any atom is 0.248 e. The van der Waals surface area contributed by atoms with Crippen LogP contribution in [0.4, 0.5) is 0 Å². The second-order valence-electron chi connectivity index (χ2n) is 4.58. The number of carbonyl (C=O) groups is 1. The second kappa shape index (κ2) is 3.90. The number of halogens is 1. The molecule has 0 spiro atoms. The van der Waals surface area contributed by atoms with E-state index >= 15 is 0 Å². The van der Waals surface area contributed by atoms with Gasteiger partial charge in [-0.2, -0.15) is 10.5 Å². The molecule has 18 heavy (non-hydrogen) atoms. The Morgan fingerprint density at radius 2 is 1.94 bits per heavy atom. The van der Waals surface area contributed by atoms with Gasteiger partial charge in [-0.25, -0.2) is 0 Å². The Bertz CT molecular complexity index is 523. The summed E-state index contributed by atoms with van der Waals surface area (Å²) in [4.78, 5) is 12.2. The van der Waals surface area contributed by atoms with Gasteiger partial charge < -0.3 is 10.6 Å². The summed E-state index contributed by atoms with van der Waals surface area (Å²) in [6.45, 7) is 3.83. The lowest BCUT2D eigenvalue weighted by atomic mass is 9.57. The van der Waals surface area contributed by atoms with Crippen LogP contribution >= 0.6 is 11.6 Å². The Morgan fingerprint density at radius 3 is 2.39 bits per heavy atom. The van der Waals surface area contributed by atoms with Crippen LogP contribution in [0.25, 0.3) is 0 Å². The zero-order valence-corrected chi connectivity index (χ0v) is 10.9. The van der Waals surface area contributed by atoms with Gasteiger partial charge in [-0.05, 0) is 12.8 Å². The molecule has 2 rings (SSSR count). The molecule has 0 aliphatic carbocycles. The molecular weight excluding hydrogens is 252 g/mol. The van der Waals surface area contributed by atoms with Crippen LogP contribution < -0.4 is 10.6 Å². The Hall–Kier alpha value is -1.72. The fraction of sp³-hybridized carbons (Fsp3) is 0.583. The maximum absolute atomic E-state index is 12.2. The Morgan fingerprint density at radius 1 is 1.33 bits per heavy atom. The van der Waals surface area contributed by atoms with Gasteiger partial charge in [-0.1, -0.05) is 25.4 Å². The van der Waals surface area contributed by atoms with Gasteiger partial charge in [0.15, 0.2) is 5.41 Å². The van der Waals surface area contributed by atoms with Gasteiger partial charge in [0.1, 0.15) is 17.4 Å². The first-order valence-corrected chi connectivity index (χ1v) is 6.21. The van der Waals surface area contributed by atoms with Crippen molar-refractivity contribution in [1.29, 1.82) is 10.5 Å². The topological polar surface area (TPSA) is 88.7 Å². The van der Waals surface area contributed by atoms with Gasteiger partial charge in [-0.15, -0.1) is 0 Å². The molecule has 1 saturated heterocycles. The molecule has 2 N–H and O–H groups in total. The molecule has 2 atom stereocenters. The van der Waals surface area contributed by atoms with Crippen molar-refractivity contribution in [2.24, 2.45) is 10.8 Å². The van der Waals surface area contributed by atoms with Gasteiger partial charge >= 0.3 is 0 Å². The minimum atomic E-state index is -1.47. The van der Waals surface area contributed by atoms with Crippen molar-refractivity contribution in [3.8, 4) is 12.1 Å². The summed E-state index contributed by atoms with van der Waals surface area (Å²) in [5, 5.41) is 24.6. The third-order valence-electron chi connectivity index (χ3n) is 4.32. The number of nitriles is 2. The quantitative estimate of drug-likeness (QED) is 0.737. The van der Waals surface area contributed by atoms with E-state index in [1.165, 1.54) is 0 Å². The Kier molecular flexibility index (Phi) is 2.76. The summed E-state index contributed by atoms with van der Waals surface area (Å²) in [5.74, 6) is -0.432. The van der Waals surface area contributed by atoms with E-state index < -0.39 is 22.9 Å². The first kappa shape index (κ1) is 12.7. The molecule has 0 saturated carbocycles. The van der Waals surface area contributed by atoms with Gasteiger partial charge in [0.25, 0.3) is 0 Å². The van der Waals surface area contributed by atoms with Crippen LogP contribution in [0.1, 0.15) is 26.7 Å². The molecule has 5 nitrogen and oxygen atoms in total. The van der Waals surface area contributed by atoms with E-state index in [0.29, 0.717) is 12.8 Å². The fourth-order valence-corrected chi connectivity index (χ4v) is 3.55. The first-order chi connectivity index (χ1) is 8.53.